The van der Waals surface area contributed by atoms with Crippen LogP contribution in [-0.4, -0.2) is 30.9 Å². The molecule has 6 nitrogen and oxygen atoms in total. The number of nitrogens with zero attached hydrogens (tertiary/aromatic N) is 2. The fourth-order valence-electron chi connectivity index (χ4n) is 5.29. The molecular weight excluding hydrogens is 539 g/mol. The molecule has 0 radical (unpaired) electrons. The molecule has 0 spiro atoms. The van der Waals surface area contributed by atoms with Gasteiger partial charge in [-0.3, -0.25) is 14.4 Å². The highest BCUT2D eigenvalue weighted by atomic mass is 32.2. The molecule has 1 saturated carbocycles. The first-order valence-electron chi connectivity index (χ1n) is 12.9. The van der Waals surface area contributed by atoms with Gasteiger partial charge in [0.15, 0.2) is 5.82 Å². The third-order valence-electron chi connectivity index (χ3n) is 7.10. The Labute approximate surface area is 231 Å². The molecular formula is C30H28F3N3O3S. The van der Waals surface area contributed by atoms with Crippen LogP contribution in [0.2, 0.25) is 0 Å². The maximum atomic E-state index is 13.0. The van der Waals surface area contributed by atoms with Crippen LogP contribution in [0.15, 0.2) is 83.9 Å². The van der Waals surface area contributed by atoms with Crippen LogP contribution in [0, 0.1) is 13.8 Å². The largest absolute Gasteiger partial charge is 0.522 e. The Morgan fingerprint density at radius 3 is 2.30 bits per heavy atom. The number of anilines is 1. The van der Waals surface area contributed by atoms with Crippen molar-refractivity contribution in [1.82, 2.24) is 9.97 Å². The Balaban J connectivity index is 1.54. The average molecular weight is 568 g/mol. The minimum absolute atomic E-state index is 0.0735. The van der Waals surface area contributed by atoms with E-state index in [4.69, 9.17) is 4.98 Å². The number of benzene rings is 3. The van der Waals surface area contributed by atoms with Gasteiger partial charge in [-0.05, 0) is 73.9 Å². The SMILES string of the molecule is Cc1cccc(C)c1-c1nc(NS(=O)(=O)c2ccccc2)cnc1-c1cccc([C@@H]2CC[C@@H](OC(F)(F)F)C2)c1. The van der Waals surface area contributed by atoms with Crippen molar-refractivity contribution in [3.8, 4) is 22.5 Å². The van der Waals surface area contributed by atoms with Crippen molar-refractivity contribution in [2.45, 2.75) is 56.4 Å². The van der Waals surface area contributed by atoms with Gasteiger partial charge < -0.3 is 0 Å². The summed E-state index contributed by atoms with van der Waals surface area (Å²) in [5, 5.41) is 0. The van der Waals surface area contributed by atoms with Gasteiger partial charge in [-0.25, -0.2) is 13.4 Å². The molecule has 1 heterocycles. The lowest BCUT2D eigenvalue weighted by atomic mass is 9.92. The molecule has 3 aromatic carbocycles. The minimum Gasteiger partial charge on any atom is -0.289 e. The third kappa shape index (κ3) is 6.18. The van der Waals surface area contributed by atoms with Crippen molar-refractivity contribution in [3.05, 3.63) is 95.7 Å². The highest BCUT2D eigenvalue weighted by Gasteiger charge is 2.37. The molecule has 0 bridgehead atoms. The highest BCUT2D eigenvalue weighted by Crippen LogP contribution is 2.40. The molecule has 1 aliphatic rings. The molecule has 4 aromatic rings. The predicted octanol–water partition coefficient (Wildman–Crippen LogP) is 7.40. The lowest BCUT2D eigenvalue weighted by Gasteiger charge is -2.17. The maximum Gasteiger partial charge on any atom is 0.522 e. The zero-order valence-electron chi connectivity index (χ0n) is 21.9. The van der Waals surface area contributed by atoms with E-state index in [1.54, 1.807) is 18.2 Å². The van der Waals surface area contributed by atoms with E-state index >= 15 is 0 Å². The summed E-state index contributed by atoms with van der Waals surface area (Å²) in [7, 11) is -3.89. The van der Waals surface area contributed by atoms with Gasteiger partial charge in [0.05, 0.1) is 28.6 Å². The molecule has 0 amide bonds. The summed E-state index contributed by atoms with van der Waals surface area (Å²) >= 11 is 0. The lowest BCUT2D eigenvalue weighted by molar-refractivity contribution is -0.341. The van der Waals surface area contributed by atoms with Gasteiger partial charge in [-0.1, -0.05) is 54.6 Å². The molecule has 2 atom stereocenters. The van der Waals surface area contributed by atoms with Crippen LogP contribution in [0.3, 0.4) is 0 Å². The van der Waals surface area contributed by atoms with Crippen molar-refractivity contribution < 1.29 is 26.3 Å². The molecule has 0 unspecified atom stereocenters. The summed E-state index contributed by atoms with van der Waals surface area (Å²) in [5.74, 6) is -0.00907. The van der Waals surface area contributed by atoms with Crippen molar-refractivity contribution in [2.24, 2.45) is 0 Å². The number of aryl methyl sites for hydroxylation is 2. The van der Waals surface area contributed by atoms with Crippen molar-refractivity contribution in [3.63, 3.8) is 0 Å². The first-order chi connectivity index (χ1) is 19.0. The molecule has 10 heteroatoms. The summed E-state index contributed by atoms with van der Waals surface area (Å²) in [6.45, 7) is 3.90. The van der Waals surface area contributed by atoms with Crippen LogP contribution in [0.5, 0.6) is 0 Å². The molecule has 1 N–H and O–H groups in total. The summed E-state index contributed by atoms with van der Waals surface area (Å²) < 4.78 is 71.0. The normalized spacial score (nSPS) is 17.6. The zero-order valence-corrected chi connectivity index (χ0v) is 22.8. The van der Waals surface area contributed by atoms with Gasteiger partial charge in [0.1, 0.15) is 0 Å². The van der Waals surface area contributed by atoms with Crippen LogP contribution in [0.4, 0.5) is 19.0 Å². The standard InChI is InChI=1S/C30H28F3N3O3S/c1-19-8-6-9-20(2)27(19)29-28(34-18-26(35-29)36-40(37,38)25-12-4-3-5-13-25)23-11-7-10-21(16-23)22-14-15-24(17-22)39-30(31,32)33/h3-13,16,18,22,24H,14-15,17H2,1-2H3,(H,35,36)/t22-,24-/m1/s1. The van der Waals surface area contributed by atoms with Crippen LogP contribution in [0.1, 0.15) is 41.9 Å². The number of sulfonamides is 1. The second kappa shape index (κ2) is 11.0. The summed E-state index contributed by atoms with van der Waals surface area (Å²) in [5.41, 5.74) is 5.40. The molecule has 1 fully saturated rings. The third-order valence-corrected chi connectivity index (χ3v) is 8.47. The molecule has 1 aromatic heterocycles. The van der Waals surface area contributed by atoms with E-state index in [9.17, 15) is 21.6 Å². The second-order valence-corrected chi connectivity index (χ2v) is 11.6. The van der Waals surface area contributed by atoms with Gasteiger partial charge in [0.2, 0.25) is 0 Å². The fourth-order valence-corrected chi connectivity index (χ4v) is 6.29. The Morgan fingerprint density at radius 1 is 0.900 bits per heavy atom. The number of alkyl halides is 3. The Hall–Kier alpha value is -3.76. The van der Waals surface area contributed by atoms with Gasteiger partial charge in [-0.2, -0.15) is 0 Å². The predicted molar refractivity (Wildman–Crippen MR) is 147 cm³/mol. The van der Waals surface area contributed by atoms with Crippen LogP contribution >= 0.6 is 0 Å². The van der Waals surface area contributed by atoms with Crippen LogP contribution in [0.25, 0.3) is 22.5 Å². The number of aromatic nitrogens is 2. The minimum atomic E-state index is -4.65. The summed E-state index contributed by atoms with van der Waals surface area (Å²) in [6.07, 6.45) is -2.95. The zero-order chi connectivity index (χ0) is 28.5. The number of hydrogen-bond acceptors (Lipinski definition) is 5. The Morgan fingerprint density at radius 2 is 1.60 bits per heavy atom. The van der Waals surface area contributed by atoms with E-state index in [0.717, 1.165) is 27.8 Å². The number of nitrogens with one attached hydrogen (secondary N) is 1. The van der Waals surface area contributed by atoms with E-state index in [1.165, 1.54) is 18.3 Å². The molecule has 208 valence electrons. The quantitative estimate of drug-likeness (QED) is 0.252. The molecule has 0 saturated heterocycles. The first-order valence-corrected chi connectivity index (χ1v) is 14.3. The van der Waals surface area contributed by atoms with Gasteiger partial charge >= 0.3 is 6.36 Å². The fraction of sp³-hybridized carbons (Fsp3) is 0.267. The molecule has 5 rings (SSSR count). The lowest BCUT2D eigenvalue weighted by Crippen LogP contribution is -2.21. The highest BCUT2D eigenvalue weighted by molar-refractivity contribution is 7.92. The summed E-state index contributed by atoms with van der Waals surface area (Å²) in [4.78, 5) is 9.49. The maximum absolute atomic E-state index is 13.0. The van der Waals surface area contributed by atoms with E-state index in [1.807, 2.05) is 56.3 Å². The van der Waals surface area contributed by atoms with Crippen molar-refractivity contribution in [2.75, 3.05) is 4.72 Å². The second-order valence-electron chi connectivity index (χ2n) is 9.96. The number of halogens is 3. The Kier molecular flexibility index (Phi) is 7.65. The number of rotatable bonds is 7. The number of hydrogen-bond donors (Lipinski definition) is 1. The van der Waals surface area contributed by atoms with E-state index in [0.29, 0.717) is 24.2 Å². The molecule has 40 heavy (non-hydrogen) atoms. The van der Waals surface area contributed by atoms with Gasteiger partial charge in [0.25, 0.3) is 10.0 Å². The summed E-state index contributed by atoms with van der Waals surface area (Å²) in [6, 6.07) is 21.4. The van der Waals surface area contributed by atoms with E-state index < -0.39 is 22.5 Å². The number of ether oxygens (including phenoxy) is 1. The molecule has 1 aliphatic carbocycles. The molecule has 0 aliphatic heterocycles. The average Bonchev–Trinajstić information content (AvgIpc) is 3.36. The van der Waals surface area contributed by atoms with Crippen molar-refractivity contribution in [1.29, 1.82) is 0 Å². The van der Waals surface area contributed by atoms with Crippen molar-refractivity contribution >= 4 is 15.8 Å². The van der Waals surface area contributed by atoms with E-state index in [2.05, 4.69) is 14.4 Å². The van der Waals surface area contributed by atoms with Crippen LogP contribution < -0.4 is 4.72 Å². The van der Waals surface area contributed by atoms with Gasteiger partial charge in [0, 0.05) is 11.1 Å². The van der Waals surface area contributed by atoms with E-state index in [-0.39, 0.29) is 23.1 Å². The smallest absolute Gasteiger partial charge is 0.289 e. The first kappa shape index (κ1) is 27.8. The topological polar surface area (TPSA) is 81.2 Å². The van der Waals surface area contributed by atoms with Crippen LogP contribution in [-0.2, 0) is 14.8 Å². The monoisotopic (exact) mass is 567 g/mol. The van der Waals surface area contributed by atoms with Gasteiger partial charge in [-0.15, -0.1) is 13.2 Å². The Bertz CT molecular complexity index is 1610.